The molecule has 0 saturated heterocycles. The van der Waals surface area contributed by atoms with E-state index in [4.69, 9.17) is 0 Å². The van der Waals surface area contributed by atoms with E-state index >= 15 is 0 Å². The molecule has 0 spiro atoms. The van der Waals surface area contributed by atoms with Gasteiger partial charge in [0.1, 0.15) is 0 Å². The predicted octanol–water partition coefficient (Wildman–Crippen LogP) is 2.74. The summed E-state index contributed by atoms with van der Waals surface area (Å²) in [4.78, 5) is 2.45. The molecular formula is C13H30N2. The van der Waals surface area contributed by atoms with Crippen molar-refractivity contribution < 1.29 is 0 Å². The van der Waals surface area contributed by atoms with E-state index in [1.807, 2.05) is 0 Å². The Morgan fingerprint density at radius 3 is 2.13 bits per heavy atom. The summed E-state index contributed by atoms with van der Waals surface area (Å²) in [6, 6.07) is 1.30. The first-order valence-corrected chi connectivity index (χ1v) is 6.20. The van der Waals surface area contributed by atoms with E-state index in [9.17, 15) is 0 Å². The minimum atomic E-state index is 0.352. The number of rotatable bonds is 6. The standard InChI is InChI=1S/C13H30N2/c1-8-11(2)15(7)10-9-12(14-6)13(3,4)5/h11-12,14H,8-10H2,1-7H3. The van der Waals surface area contributed by atoms with Gasteiger partial charge in [0, 0.05) is 12.1 Å². The lowest BCUT2D eigenvalue weighted by Gasteiger charge is -2.33. The Morgan fingerprint density at radius 2 is 1.80 bits per heavy atom. The van der Waals surface area contributed by atoms with Crippen LogP contribution in [0.25, 0.3) is 0 Å². The second-order valence-electron chi connectivity index (χ2n) is 5.73. The molecule has 0 amide bonds. The summed E-state index contributed by atoms with van der Waals surface area (Å²) in [7, 11) is 4.29. The maximum Gasteiger partial charge on any atom is 0.0125 e. The van der Waals surface area contributed by atoms with Gasteiger partial charge in [-0.2, -0.15) is 0 Å². The van der Waals surface area contributed by atoms with Crippen LogP contribution in [-0.2, 0) is 0 Å². The number of hydrogen-bond donors (Lipinski definition) is 1. The zero-order valence-corrected chi connectivity index (χ0v) is 11.7. The van der Waals surface area contributed by atoms with Crippen molar-refractivity contribution in [3.05, 3.63) is 0 Å². The second-order valence-corrected chi connectivity index (χ2v) is 5.73. The summed E-state index contributed by atoms with van der Waals surface area (Å²) in [5, 5.41) is 3.43. The molecule has 15 heavy (non-hydrogen) atoms. The molecule has 0 aliphatic rings. The van der Waals surface area contributed by atoms with Gasteiger partial charge < -0.3 is 10.2 Å². The molecule has 2 nitrogen and oxygen atoms in total. The lowest BCUT2D eigenvalue weighted by atomic mass is 9.85. The maximum absolute atomic E-state index is 3.43. The van der Waals surface area contributed by atoms with Crippen LogP contribution in [-0.4, -0.2) is 37.6 Å². The molecule has 0 aromatic heterocycles. The Morgan fingerprint density at radius 1 is 1.27 bits per heavy atom. The van der Waals surface area contributed by atoms with E-state index in [2.05, 4.69) is 58.9 Å². The molecule has 0 aromatic rings. The molecule has 92 valence electrons. The Labute approximate surface area is 96.4 Å². The van der Waals surface area contributed by atoms with Crippen molar-refractivity contribution in [2.75, 3.05) is 20.6 Å². The molecule has 0 heterocycles. The van der Waals surface area contributed by atoms with Gasteiger partial charge in [0.15, 0.2) is 0 Å². The first-order valence-electron chi connectivity index (χ1n) is 6.20. The molecule has 0 saturated carbocycles. The largest absolute Gasteiger partial charge is 0.316 e. The van der Waals surface area contributed by atoms with Crippen LogP contribution in [0.5, 0.6) is 0 Å². The van der Waals surface area contributed by atoms with Crippen molar-refractivity contribution in [3.8, 4) is 0 Å². The molecule has 0 radical (unpaired) electrons. The van der Waals surface area contributed by atoms with Gasteiger partial charge in [-0.15, -0.1) is 0 Å². The molecule has 0 fully saturated rings. The van der Waals surface area contributed by atoms with Gasteiger partial charge >= 0.3 is 0 Å². The monoisotopic (exact) mass is 214 g/mol. The van der Waals surface area contributed by atoms with Crippen molar-refractivity contribution in [2.24, 2.45) is 5.41 Å². The second kappa shape index (κ2) is 6.49. The third-order valence-electron chi connectivity index (χ3n) is 3.51. The van der Waals surface area contributed by atoms with Crippen molar-refractivity contribution in [2.45, 2.75) is 59.5 Å². The highest BCUT2D eigenvalue weighted by atomic mass is 15.1. The van der Waals surface area contributed by atoms with Crippen LogP contribution >= 0.6 is 0 Å². The lowest BCUT2D eigenvalue weighted by Crippen LogP contribution is -2.41. The van der Waals surface area contributed by atoms with Crippen LogP contribution < -0.4 is 5.32 Å². The summed E-state index contributed by atoms with van der Waals surface area (Å²) in [5.74, 6) is 0. The van der Waals surface area contributed by atoms with Crippen LogP contribution in [0.2, 0.25) is 0 Å². The predicted molar refractivity (Wildman–Crippen MR) is 69.3 cm³/mol. The molecule has 0 rings (SSSR count). The van der Waals surface area contributed by atoms with Crippen molar-refractivity contribution >= 4 is 0 Å². The highest BCUT2D eigenvalue weighted by Crippen LogP contribution is 2.21. The third kappa shape index (κ3) is 5.53. The van der Waals surface area contributed by atoms with Crippen LogP contribution in [0.15, 0.2) is 0 Å². The van der Waals surface area contributed by atoms with Crippen LogP contribution in [0.3, 0.4) is 0 Å². The molecule has 0 aromatic carbocycles. The zero-order chi connectivity index (χ0) is 12.1. The first kappa shape index (κ1) is 14.9. The topological polar surface area (TPSA) is 15.3 Å². The van der Waals surface area contributed by atoms with Gasteiger partial charge in [0.05, 0.1) is 0 Å². The molecule has 2 heteroatoms. The fourth-order valence-electron chi connectivity index (χ4n) is 1.88. The van der Waals surface area contributed by atoms with Crippen LogP contribution in [0, 0.1) is 5.41 Å². The smallest absolute Gasteiger partial charge is 0.0125 e. The molecule has 0 bridgehead atoms. The van der Waals surface area contributed by atoms with E-state index in [0.717, 1.165) is 0 Å². The summed E-state index contributed by atoms with van der Waals surface area (Å²) >= 11 is 0. The average Bonchev–Trinajstić information content (AvgIpc) is 2.15. The Kier molecular flexibility index (Phi) is 6.46. The summed E-state index contributed by atoms with van der Waals surface area (Å²) in [6.07, 6.45) is 2.46. The van der Waals surface area contributed by atoms with Crippen molar-refractivity contribution in [3.63, 3.8) is 0 Å². The lowest BCUT2D eigenvalue weighted by molar-refractivity contribution is 0.200. The van der Waals surface area contributed by atoms with Gasteiger partial charge in [-0.1, -0.05) is 27.7 Å². The first-order chi connectivity index (χ1) is 6.82. The zero-order valence-electron chi connectivity index (χ0n) is 11.7. The van der Waals surface area contributed by atoms with Gasteiger partial charge in [-0.3, -0.25) is 0 Å². The van der Waals surface area contributed by atoms with E-state index < -0.39 is 0 Å². The molecular weight excluding hydrogens is 184 g/mol. The Bertz CT molecular complexity index is 160. The quantitative estimate of drug-likeness (QED) is 0.731. The van der Waals surface area contributed by atoms with E-state index in [-0.39, 0.29) is 0 Å². The molecule has 1 N–H and O–H groups in total. The Balaban J connectivity index is 4.01. The number of hydrogen-bond acceptors (Lipinski definition) is 2. The number of nitrogens with one attached hydrogen (secondary N) is 1. The normalized spacial score (nSPS) is 16.8. The minimum Gasteiger partial charge on any atom is -0.316 e. The van der Waals surface area contributed by atoms with Gasteiger partial charge in [0.25, 0.3) is 0 Å². The maximum atomic E-state index is 3.43. The fraction of sp³-hybridized carbons (Fsp3) is 1.00. The molecule has 2 unspecified atom stereocenters. The van der Waals surface area contributed by atoms with Crippen LogP contribution in [0.1, 0.15) is 47.5 Å². The average molecular weight is 214 g/mol. The Hall–Kier alpha value is -0.0800. The molecule has 2 atom stereocenters. The van der Waals surface area contributed by atoms with E-state index in [0.29, 0.717) is 17.5 Å². The summed E-state index contributed by atoms with van der Waals surface area (Å²) in [6.45, 7) is 12.6. The van der Waals surface area contributed by atoms with Crippen LogP contribution in [0.4, 0.5) is 0 Å². The van der Waals surface area contributed by atoms with E-state index in [1.54, 1.807) is 0 Å². The summed E-state index contributed by atoms with van der Waals surface area (Å²) < 4.78 is 0. The summed E-state index contributed by atoms with van der Waals surface area (Å²) in [5.41, 5.74) is 0.352. The van der Waals surface area contributed by atoms with Crippen molar-refractivity contribution in [1.82, 2.24) is 10.2 Å². The third-order valence-corrected chi connectivity index (χ3v) is 3.51. The van der Waals surface area contributed by atoms with Crippen molar-refractivity contribution in [1.29, 1.82) is 0 Å². The minimum absolute atomic E-state index is 0.352. The van der Waals surface area contributed by atoms with Gasteiger partial charge in [-0.05, 0) is 45.8 Å². The molecule has 0 aliphatic heterocycles. The number of nitrogens with zero attached hydrogens (tertiary/aromatic N) is 1. The highest BCUT2D eigenvalue weighted by Gasteiger charge is 2.23. The van der Waals surface area contributed by atoms with Gasteiger partial charge in [0.2, 0.25) is 0 Å². The SMILES string of the molecule is CCC(C)N(C)CCC(NC)C(C)(C)C. The van der Waals surface area contributed by atoms with Gasteiger partial charge in [-0.25, -0.2) is 0 Å². The molecule has 0 aliphatic carbocycles. The fourth-order valence-corrected chi connectivity index (χ4v) is 1.88. The highest BCUT2D eigenvalue weighted by molar-refractivity contribution is 4.80. The van der Waals surface area contributed by atoms with E-state index in [1.165, 1.54) is 19.4 Å².